The summed E-state index contributed by atoms with van der Waals surface area (Å²) < 4.78 is 0. The Morgan fingerprint density at radius 3 is 2.75 bits per heavy atom. The summed E-state index contributed by atoms with van der Waals surface area (Å²) in [7, 11) is 0. The van der Waals surface area contributed by atoms with Crippen LogP contribution in [0, 0.1) is 5.92 Å². The van der Waals surface area contributed by atoms with Crippen LogP contribution in [0.5, 0.6) is 0 Å². The van der Waals surface area contributed by atoms with Crippen LogP contribution in [-0.4, -0.2) is 47.8 Å². The molecular formula is C14H18N2O3S. The van der Waals surface area contributed by atoms with Gasteiger partial charge in [0.05, 0.1) is 18.7 Å². The summed E-state index contributed by atoms with van der Waals surface area (Å²) in [4.78, 5) is 25.5. The van der Waals surface area contributed by atoms with E-state index in [1.165, 1.54) is 0 Å². The lowest BCUT2D eigenvalue weighted by molar-refractivity contribution is -0.139. The van der Waals surface area contributed by atoms with Crippen LogP contribution in [0.3, 0.4) is 0 Å². The standard InChI is InChI=1S/C14H18N2O3S/c1-20-12-5-3-2-4-11(12)15-13(17)9-16-7-10(8-16)6-14(18)19/h2-5,10H,6-9H2,1H3,(H,15,17)(H,18,19). The van der Waals surface area contributed by atoms with Gasteiger partial charge in [-0.05, 0) is 24.3 Å². The summed E-state index contributed by atoms with van der Waals surface area (Å²) in [6.07, 6.45) is 2.16. The zero-order valence-corrected chi connectivity index (χ0v) is 12.2. The predicted molar refractivity (Wildman–Crippen MR) is 79.0 cm³/mol. The minimum atomic E-state index is -0.770. The van der Waals surface area contributed by atoms with Crippen molar-refractivity contribution in [1.29, 1.82) is 0 Å². The first kappa shape index (κ1) is 14.9. The molecule has 108 valence electrons. The van der Waals surface area contributed by atoms with E-state index in [-0.39, 0.29) is 18.2 Å². The van der Waals surface area contributed by atoms with Crippen molar-refractivity contribution in [1.82, 2.24) is 4.90 Å². The van der Waals surface area contributed by atoms with Gasteiger partial charge in [0, 0.05) is 18.0 Å². The van der Waals surface area contributed by atoms with Gasteiger partial charge in [0.2, 0.25) is 5.91 Å². The van der Waals surface area contributed by atoms with E-state index in [1.807, 2.05) is 35.4 Å². The second-order valence-electron chi connectivity index (χ2n) is 4.91. The van der Waals surface area contributed by atoms with Gasteiger partial charge in [-0.25, -0.2) is 0 Å². The number of likely N-dealkylation sites (tertiary alicyclic amines) is 1. The van der Waals surface area contributed by atoms with Gasteiger partial charge in [0.15, 0.2) is 0 Å². The second kappa shape index (κ2) is 6.76. The molecule has 0 bridgehead atoms. The van der Waals surface area contributed by atoms with Crippen LogP contribution in [0.2, 0.25) is 0 Å². The Hall–Kier alpha value is -1.53. The Morgan fingerprint density at radius 2 is 2.10 bits per heavy atom. The Labute approximate surface area is 122 Å². The van der Waals surface area contributed by atoms with Crippen molar-refractivity contribution in [2.75, 3.05) is 31.2 Å². The largest absolute Gasteiger partial charge is 0.481 e. The summed E-state index contributed by atoms with van der Waals surface area (Å²) in [6.45, 7) is 1.69. The number of thioether (sulfide) groups is 1. The van der Waals surface area contributed by atoms with Gasteiger partial charge in [-0.1, -0.05) is 12.1 Å². The Balaban J connectivity index is 1.78. The molecule has 1 amide bonds. The van der Waals surface area contributed by atoms with Gasteiger partial charge in [0.25, 0.3) is 0 Å². The highest BCUT2D eigenvalue weighted by atomic mass is 32.2. The van der Waals surface area contributed by atoms with E-state index >= 15 is 0 Å². The quantitative estimate of drug-likeness (QED) is 0.782. The maximum absolute atomic E-state index is 11.9. The minimum Gasteiger partial charge on any atom is -0.481 e. The number of carboxylic acids is 1. The number of hydrogen-bond acceptors (Lipinski definition) is 4. The number of rotatable bonds is 6. The molecule has 2 rings (SSSR count). The number of carboxylic acid groups (broad SMARTS) is 1. The number of amides is 1. The molecule has 0 aromatic heterocycles. The number of carbonyl (C=O) groups excluding carboxylic acids is 1. The minimum absolute atomic E-state index is 0.0553. The zero-order valence-electron chi connectivity index (χ0n) is 11.3. The third kappa shape index (κ3) is 3.98. The highest BCUT2D eigenvalue weighted by molar-refractivity contribution is 7.98. The molecule has 5 nitrogen and oxygen atoms in total. The molecule has 1 aromatic rings. The summed E-state index contributed by atoms with van der Waals surface area (Å²) in [5.74, 6) is -0.646. The van der Waals surface area contributed by atoms with E-state index in [4.69, 9.17) is 5.11 Å². The molecule has 0 atom stereocenters. The van der Waals surface area contributed by atoms with Crippen LogP contribution in [0.25, 0.3) is 0 Å². The molecule has 6 heteroatoms. The molecule has 2 N–H and O–H groups in total. The molecule has 0 unspecified atom stereocenters. The van der Waals surface area contributed by atoms with Crippen molar-refractivity contribution in [2.24, 2.45) is 5.92 Å². The van der Waals surface area contributed by atoms with Crippen LogP contribution in [0.4, 0.5) is 5.69 Å². The van der Waals surface area contributed by atoms with Crippen molar-refractivity contribution in [3.8, 4) is 0 Å². The average molecular weight is 294 g/mol. The molecule has 1 fully saturated rings. The number of carbonyl (C=O) groups is 2. The lowest BCUT2D eigenvalue weighted by Gasteiger charge is -2.37. The zero-order chi connectivity index (χ0) is 14.5. The van der Waals surface area contributed by atoms with Crippen LogP contribution in [-0.2, 0) is 9.59 Å². The van der Waals surface area contributed by atoms with Crippen molar-refractivity contribution < 1.29 is 14.7 Å². The first-order chi connectivity index (χ1) is 9.58. The highest BCUT2D eigenvalue weighted by Crippen LogP contribution is 2.25. The number of hydrogen-bond donors (Lipinski definition) is 2. The molecule has 1 heterocycles. The van der Waals surface area contributed by atoms with Gasteiger partial charge in [-0.3, -0.25) is 14.5 Å². The molecule has 0 spiro atoms. The SMILES string of the molecule is CSc1ccccc1NC(=O)CN1CC(CC(=O)O)C1. The lowest BCUT2D eigenvalue weighted by atomic mass is 9.96. The van der Waals surface area contributed by atoms with Gasteiger partial charge in [-0.15, -0.1) is 11.8 Å². The molecule has 0 aliphatic carbocycles. The third-order valence-electron chi connectivity index (χ3n) is 3.24. The maximum atomic E-state index is 11.9. The van der Waals surface area contributed by atoms with E-state index in [1.54, 1.807) is 11.8 Å². The monoisotopic (exact) mass is 294 g/mol. The topological polar surface area (TPSA) is 69.6 Å². The number of benzene rings is 1. The fourth-order valence-electron chi connectivity index (χ4n) is 2.32. The molecular weight excluding hydrogens is 276 g/mol. The number of anilines is 1. The van der Waals surface area contributed by atoms with Gasteiger partial charge in [0.1, 0.15) is 0 Å². The molecule has 0 saturated carbocycles. The van der Waals surface area contributed by atoms with Crippen LogP contribution < -0.4 is 5.32 Å². The summed E-state index contributed by atoms with van der Waals surface area (Å²) in [5.41, 5.74) is 0.826. The smallest absolute Gasteiger partial charge is 0.303 e. The van der Waals surface area contributed by atoms with Gasteiger partial charge >= 0.3 is 5.97 Å². The molecule has 0 radical (unpaired) electrons. The molecule has 1 saturated heterocycles. The molecule has 20 heavy (non-hydrogen) atoms. The van der Waals surface area contributed by atoms with Crippen molar-refractivity contribution in [2.45, 2.75) is 11.3 Å². The summed E-state index contributed by atoms with van der Waals surface area (Å²) in [5, 5.41) is 11.6. The summed E-state index contributed by atoms with van der Waals surface area (Å²) in [6, 6.07) is 7.68. The summed E-state index contributed by atoms with van der Waals surface area (Å²) >= 11 is 1.59. The van der Waals surface area contributed by atoms with Crippen molar-refractivity contribution in [3.05, 3.63) is 24.3 Å². The Kier molecular flexibility index (Phi) is 5.03. The van der Waals surface area contributed by atoms with Crippen LogP contribution in [0.1, 0.15) is 6.42 Å². The maximum Gasteiger partial charge on any atom is 0.303 e. The number of para-hydroxylation sites is 1. The lowest BCUT2D eigenvalue weighted by Crippen LogP contribution is -2.50. The average Bonchev–Trinajstić information content (AvgIpc) is 2.36. The Bertz CT molecular complexity index is 501. The van der Waals surface area contributed by atoms with Crippen molar-refractivity contribution in [3.63, 3.8) is 0 Å². The van der Waals surface area contributed by atoms with Crippen molar-refractivity contribution >= 4 is 29.3 Å². The molecule has 1 aromatic carbocycles. The molecule has 1 aliphatic heterocycles. The predicted octanol–water partition coefficient (Wildman–Crippen LogP) is 1.75. The van der Waals surface area contributed by atoms with E-state index in [0.717, 1.165) is 10.6 Å². The number of aliphatic carboxylic acids is 1. The molecule has 1 aliphatic rings. The Morgan fingerprint density at radius 1 is 1.40 bits per heavy atom. The highest BCUT2D eigenvalue weighted by Gasteiger charge is 2.29. The van der Waals surface area contributed by atoms with Crippen LogP contribution in [0.15, 0.2) is 29.2 Å². The van der Waals surface area contributed by atoms with E-state index in [0.29, 0.717) is 19.6 Å². The number of nitrogens with zero attached hydrogens (tertiary/aromatic N) is 1. The van der Waals surface area contributed by atoms with Crippen LogP contribution >= 0.6 is 11.8 Å². The first-order valence-electron chi connectivity index (χ1n) is 6.45. The van der Waals surface area contributed by atoms with Gasteiger partial charge in [-0.2, -0.15) is 0 Å². The third-order valence-corrected chi connectivity index (χ3v) is 4.04. The van der Waals surface area contributed by atoms with E-state index in [2.05, 4.69) is 5.32 Å². The second-order valence-corrected chi connectivity index (χ2v) is 5.75. The van der Waals surface area contributed by atoms with E-state index < -0.39 is 5.97 Å². The first-order valence-corrected chi connectivity index (χ1v) is 7.68. The van der Waals surface area contributed by atoms with E-state index in [9.17, 15) is 9.59 Å². The van der Waals surface area contributed by atoms with Gasteiger partial charge < -0.3 is 10.4 Å². The number of nitrogens with one attached hydrogen (secondary N) is 1. The normalized spacial score (nSPS) is 15.7. The fraction of sp³-hybridized carbons (Fsp3) is 0.429. The fourth-order valence-corrected chi connectivity index (χ4v) is 2.88.